The number of likely N-dealkylation sites (tertiary alicyclic amines) is 1. The van der Waals surface area contributed by atoms with Gasteiger partial charge in [0.05, 0.1) is 13.0 Å². The minimum absolute atomic E-state index is 0.00782. The van der Waals surface area contributed by atoms with Crippen LogP contribution < -0.4 is 15.4 Å². The van der Waals surface area contributed by atoms with E-state index in [0.29, 0.717) is 32.7 Å². The van der Waals surface area contributed by atoms with Crippen molar-refractivity contribution in [2.75, 3.05) is 32.8 Å². The fraction of sp³-hybridized carbons (Fsp3) is 0.600. The number of rotatable bonds is 9. The average Bonchev–Trinajstić information content (AvgIpc) is 2.67. The highest BCUT2D eigenvalue weighted by Gasteiger charge is 2.27. The first-order valence-electron chi connectivity index (χ1n) is 9.57. The molecular weight excluding hydrogens is 330 g/mol. The van der Waals surface area contributed by atoms with E-state index in [1.54, 1.807) is 0 Å². The minimum atomic E-state index is 0.00782. The van der Waals surface area contributed by atoms with Gasteiger partial charge in [-0.2, -0.15) is 0 Å². The lowest BCUT2D eigenvalue weighted by Crippen LogP contribution is -2.45. The average molecular weight is 361 g/mol. The number of ether oxygens (including phenoxy) is 1. The number of nitrogens with zero attached hydrogens (tertiary/aromatic N) is 1. The minimum Gasteiger partial charge on any atom is -0.493 e. The Labute approximate surface area is 156 Å². The third kappa shape index (κ3) is 6.67. The van der Waals surface area contributed by atoms with Crippen molar-refractivity contribution < 1.29 is 14.3 Å². The molecule has 1 saturated heterocycles. The summed E-state index contributed by atoms with van der Waals surface area (Å²) in [5.41, 5.74) is 0. The highest BCUT2D eigenvalue weighted by molar-refractivity contribution is 5.80. The summed E-state index contributed by atoms with van der Waals surface area (Å²) >= 11 is 0. The number of carbonyl (C=O) groups excluding carboxylic acids is 2. The maximum Gasteiger partial charge on any atom is 0.225 e. The second-order valence-electron chi connectivity index (χ2n) is 6.77. The maximum absolute atomic E-state index is 12.3. The van der Waals surface area contributed by atoms with Gasteiger partial charge in [-0.1, -0.05) is 25.1 Å². The SMILES string of the molecule is CCN[C@H](C)CNC(=O)C1CCN(C(=O)CCOc2ccccc2)CC1. The van der Waals surface area contributed by atoms with Gasteiger partial charge in [0.15, 0.2) is 0 Å². The van der Waals surface area contributed by atoms with E-state index in [1.807, 2.05) is 35.2 Å². The summed E-state index contributed by atoms with van der Waals surface area (Å²) in [5, 5.41) is 6.29. The quantitative estimate of drug-likeness (QED) is 0.704. The molecule has 1 aromatic rings. The standard InChI is InChI=1S/C20H31N3O3/c1-3-21-16(2)15-22-20(25)17-9-12-23(13-10-17)19(24)11-14-26-18-7-5-4-6-8-18/h4-8,16-17,21H,3,9-15H2,1-2H3,(H,22,25)/t16-/m1/s1. The Morgan fingerprint density at radius 3 is 2.58 bits per heavy atom. The zero-order valence-electron chi connectivity index (χ0n) is 15.9. The van der Waals surface area contributed by atoms with Crippen LogP contribution >= 0.6 is 0 Å². The second-order valence-corrected chi connectivity index (χ2v) is 6.77. The molecule has 6 heteroatoms. The molecule has 2 amide bonds. The molecule has 0 unspecified atom stereocenters. The van der Waals surface area contributed by atoms with Crippen molar-refractivity contribution in [2.45, 2.75) is 39.2 Å². The summed E-state index contributed by atoms with van der Waals surface area (Å²) in [4.78, 5) is 26.4. The van der Waals surface area contributed by atoms with E-state index in [9.17, 15) is 9.59 Å². The third-order valence-corrected chi connectivity index (χ3v) is 4.68. The molecule has 1 atom stereocenters. The molecule has 0 radical (unpaired) electrons. The van der Waals surface area contributed by atoms with Gasteiger partial charge in [-0.25, -0.2) is 0 Å². The smallest absolute Gasteiger partial charge is 0.225 e. The van der Waals surface area contributed by atoms with Crippen molar-refractivity contribution in [1.29, 1.82) is 0 Å². The Morgan fingerprint density at radius 2 is 1.92 bits per heavy atom. The predicted molar refractivity (Wildman–Crippen MR) is 102 cm³/mol. The van der Waals surface area contributed by atoms with Gasteiger partial charge in [-0.05, 0) is 38.4 Å². The fourth-order valence-corrected chi connectivity index (χ4v) is 3.14. The molecule has 2 rings (SSSR count). The Kier molecular flexibility index (Phi) is 8.41. The predicted octanol–water partition coefficient (Wildman–Crippen LogP) is 1.81. The van der Waals surface area contributed by atoms with Crippen LogP contribution in [0.1, 0.15) is 33.1 Å². The summed E-state index contributed by atoms with van der Waals surface area (Å²) in [5.74, 6) is 0.991. The van der Waals surface area contributed by atoms with Crippen LogP contribution in [0.4, 0.5) is 0 Å². The van der Waals surface area contributed by atoms with Crippen LogP contribution in [0.3, 0.4) is 0 Å². The van der Waals surface area contributed by atoms with E-state index in [0.717, 1.165) is 25.1 Å². The third-order valence-electron chi connectivity index (χ3n) is 4.68. The van der Waals surface area contributed by atoms with Crippen LogP contribution in [-0.4, -0.2) is 55.5 Å². The van der Waals surface area contributed by atoms with Gasteiger partial charge in [0.1, 0.15) is 5.75 Å². The molecule has 0 aliphatic carbocycles. The van der Waals surface area contributed by atoms with Crippen LogP contribution in [0.2, 0.25) is 0 Å². The van der Waals surface area contributed by atoms with Crippen LogP contribution in [0, 0.1) is 5.92 Å². The summed E-state index contributed by atoms with van der Waals surface area (Å²) in [6, 6.07) is 9.78. The summed E-state index contributed by atoms with van der Waals surface area (Å²) in [6.45, 7) is 7.31. The molecule has 0 saturated carbocycles. The molecule has 0 spiro atoms. The lowest BCUT2D eigenvalue weighted by atomic mass is 9.95. The van der Waals surface area contributed by atoms with Gasteiger partial charge < -0.3 is 20.3 Å². The normalized spacial score (nSPS) is 16.2. The zero-order chi connectivity index (χ0) is 18.8. The van der Waals surface area contributed by atoms with Crippen molar-refractivity contribution in [3.63, 3.8) is 0 Å². The molecule has 0 aromatic heterocycles. The highest BCUT2D eigenvalue weighted by atomic mass is 16.5. The van der Waals surface area contributed by atoms with E-state index >= 15 is 0 Å². The number of nitrogens with one attached hydrogen (secondary N) is 2. The number of likely N-dealkylation sites (N-methyl/N-ethyl adjacent to an activating group) is 1. The molecule has 1 aliphatic heterocycles. The first kappa shape index (κ1) is 20.2. The van der Waals surface area contributed by atoms with Crippen molar-refractivity contribution in [2.24, 2.45) is 5.92 Å². The molecule has 1 aromatic carbocycles. The number of para-hydroxylation sites is 1. The number of hydrogen-bond donors (Lipinski definition) is 2. The zero-order valence-corrected chi connectivity index (χ0v) is 15.9. The maximum atomic E-state index is 12.3. The molecule has 1 heterocycles. The summed E-state index contributed by atoms with van der Waals surface area (Å²) in [7, 11) is 0. The summed E-state index contributed by atoms with van der Waals surface area (Å²) < 4.78 is 5.58. The van der Waals surface area contributed by atoms with Gasteiger partial charge in [0.25, 0.3) is 0 Å². The summed E-state index contributed by atoms with van der Waals surface area (Å²) in [6.07, 6.45) is 1.82. The van der Waals surface area contributed by atoms with Gasteiger partial charge in [0, 0.05) is 31.6 Å². The monoisotopic (exact) mass is 361 g/mol. The fourth-order valence-electron chi connectivity index (χ4n) is 3.14. The molecule has 26 heavy (non-hydrogen) atoms. The van der Waals surface area contributed by atoms with Gasteiger partial charge in [-0.15, -0.1) is 0 Å². The van der Waals surface area contributed by atoms with E-state index in [4.69, 9.17) is 4.74 Å². The lowest BCUT2D eigenvalue weighted by Gasteiger charge is -2.31. The van der Waals surface area contributed by atoms with E-state index in [-0.39, 0.29) is 23.8 Å². The van der Waals surface area contributed by atoms with Gasteiger partial charge >= 0.3 is 0 Å². The van der Waals surface area contributed by atoms with E-state index < -0.39 is 0 Å². The largest absolute Gasteiger partial charge is 0.493 e. The molecule has 0 bridgehead atoms. The lowest BCUT2D eigenvalue weighted by molar-refractivity contribution is -0.136. The first-order valence-corrected chi connectivity index (χ1v) is 9.57. The molecule has 144 valence electrons. The number of carbonyl (C=O) groups is 2. The van der Waals surface area contributed by atoms with Crippen LogP contribution in [0.15, 0.2) is 30.3 Å². The Bertz CT molecular complexity index is 557. The van der Waals surface area contributed by atoms with Crippen LogP contribution in [0.5, 0.6) is 5.75 Å². The van der Waals surface area contributed by atoms with Crippen molar-refractivity contribution in [3.05, 3.63) is 30.3 Å². The molecule has 1 aliphatic rings. The number of hydrogen-bond acceptors (Lipinski definition) is 4. The number of benzene rings is 1. The van der Waals surface area contributed by atoms with Gasteiger partial charge in [0.2, 0.25) is 11.8 Å². The van der Waals surface area contributed by atoms with Crippen molar-refractivity contribution in [1.82, 2.24) is 15.5 Å². The topological polar surface area (TPSA) is 70.7 Å². The molecule has 6 nitrogen and oxygen atoms in total. The van der Waals surface area contributed by atoms with Crippen LogP contribution in [-0.2, 0) is 9.59 Å². The molecule has 2 N–H and O–H groups in total. The molecular formula is C20H31N3O3. The first-order chi connectivity index (χ1) is 12.6. The Morgan fingerprint density at radius 1 is 1.23 bits per heavy atom. The van der Waals surface area contributed by atoms with E-state index in [1.165, 1.54) is 0 Å². The number of piperidine rings is 1. The Hall–Kier alpha value is -2.08. The Balaban J connectivity index is 1.64. The second kappa shape index (κ2) is 10.8. The van der Waals surface area contributed by atoms with Gasteiger partial charge in [-0.3, -0.25) is 9.59 Å². The number of amides is 2. The van der Waals surface area contributed by atoms with Crippen molar-refractivity contribution in [3.8, 4) is 5.75 Å². The highest BCUT2D eigenvalue weighted by Crippen LogP contribution is 2.18. The van der Waals surface area contributed by atoms with E-state index in [2.05, 4.69) is 24.5 Å². The van der Waals surface area contributed by atoms with Crippen LogP contribution in [0.25, 0.3) is 0 Å². The van der Waals surface area contributed by atoms with Crippen molar-refractivity contribution >= 4 is 11.8 Å². The molecule has 1 fully saturated rings.